The average molecular weight is 502 g/mol. The van der Waals surface area contributed by atoms with Gasteiger partial charge in [0.2, 0.25) is 5.91 Å². The van der Waals surface area contributed by atoms with Crippen LogP contribution in [0.5, 0.6) is 5.75 Å². The van der Waals surface area contributed by atoms with Crippen molar-refractivity contribution < 1.29 is 9.53 Å². The number of hydrogen-bond acceptors (Lipinski definition) is 3. The van der Waals surface area contributed by atoms with Crippen LogP contribution in [0.3, 0.4) is 0 Å². The summed E-state index contributed by atoms with van der Waals surface area (Å²) in [6.07, 6.45) is 9.36. The minimum atomic E-state index is 0. The lowest BCUT2D eigenvalue weighted by Gasteiger charge is -2.34. The first kappa shape index (κ1) is 25.5. The number of carbonyl (C=O) groups excluding carboxylic acids is 1. The molecule has 0 N–H and O–H groups in total. The summed E-state index contributed by atoms with van der Waals surface area (Å²) in [7, 11) is 1.73. The van der Waals surface area contributed by atoms with E-state index in [1.165, 1.54) is 68.2 Å². The molecule has 4 nitrogen and oxygen atoms in total. The van der Waals surface area contributed by atoms with E-state index in [0.29, 0.717) is 18.2 Å². The van der Waals surface area contributed by atoms with Gasteiger partial charge in [0.15, 0.2) is 0 Å². The number of ether oxygens (including phenoxy) is 1. The van der Waals surface area contributed by atoms with Crippen LogP contribution in [-0.4, -0.2) is 55.5 Å². The zero-order valence-corrected chi connectivity index (χ0v) is 21.0. The molecule has 1 amide bonds. The Balaban J connectivity index is 0.00000320. The fourth-order valence-corrected chi connectivity index (χ4v) is 5.32. The number of hydrogen-bond donors (Lipinski definition) is 0. The number of likely N-dealkylation sites (tertiary alicyclic amines) is 2. The molecule has 1 aromatic rings. The monoisotopic (exact) mass is 500 g/mol. The van der Waals surface area contributed by atoms with Crippen LogP contribution in [0, 0.1) is 11.8 Å². The first-order chi connectivity index (χ1) is 14.1. The molecule has 6 heteroatoms. The molecule has 0 aromatic heterocycles. The van der Waals surface area contributed by atoms with E-state index in [4.69, 9.17) is 4.74 Å². The second-order valence-corrected chi connectivity index (χ2v) is 9.64. The van der Waals surface area contributed by atoms with Crippen LogP contribution in [0.15, 0.2) is 22.7 Å². The second-order valence-electron chi connectivity index (χ2n) is 8.79. The van der Waals surface area contributed by atoms with Gasteiger partial charge in [-0.05, 0) is 100 Å². The average Bonchev–Trinajstić information content (AvgIpc) is 2.76. The van der Waals surface area contributed by atoms with Crippen molar-refractivity contribution in [1.82, 2.24) is 9.80 Å². The summed E-state index contributed by atoms with van der Waals surface area (Å²) >= 11 is 3.70. The van der Waals surface area contributed by atoms with Crippen LogP contribution in [0.4, 0.5) is 0 Å². The minimum absolute atomic E-state index is 0. The fraction of sp³-hybridized carbons (Fsp3) is 0.708. The molecule has 1 atom stereocenters. The predicted octanol–water partition coefficient (Wildman–Crippen LogP) is 5.56. The van der Waals surface area contributed by atoms with E-state index in [9.17, 15) is 4.79 Å². The third-order valence-electron chi connectivity index (χ3n) is 6.73. The third kappa shape index (κ3) is 7.42. The van der Waals surface area contributed by atoms with Crippen LogP contribution in [0.1, 0.15) is 57.4 Å². The first-order valence-electron chi connectivity index (χ1n) is 11.4. The Morgan fingerprint density at radius 3 is 2.63 bits per heavy atom. The molecule has 0 aliphatic carbocycles. The van der Waals surface area contributed by atoms with Crippen LogP contribution >= 0.6 is 28.3 Å². The van der Waals surface area contributed by atoms with Crippen molar-refractivity contribution in [2.75, 3.05) is 39.8 Å². The van der Waals surface area contributed by atoms with E-state index in [2.05, 4.69) is 37.9 Å². The van der Waals surface area contributed by atoms with E-state index in [-0.39, 0.29) is 12.4 Å². The number of methoxy groups -OCH3 is 1. The Hall–Kier alpha value is -0.780. The van der Waals surface area contributed by atoms with Crippen LogP contribution in [0.25, 0.3) is 0 Å². The summed E-state index contributed by atoms with van der Waals surface area (Å²) in [4.78, 5) is 16.7. The summed E-state index contributed by atoms with van der Waals surface area (Å²) in [6.45, 7) is 7.59. The molecular weight excluding hydrogens is 464 g/mol. The first-order valence-corrected chi connectivity index (χ1v) is 12.2. The summed E-state index contributed by atoms with van der Waals surface area (Å²) in [6, 6.07) is 6.29. The number of benzene rings is 1. The van der Waals surface area contributed by atoms with Crippen molar-refractivity contribution in [2.24, 2.45) is 11.8 Å². The van der Waals surface area contributed by atoms with Gasteiger partial charge in [-0.15, -0.1) is 12.4 Å². The summed E-state index contributed by atoms with van der Waals surface area (Å²) in [5.41, 5.74) is 1.37. The standard InChI is InChI=1S/C24H37BrN2O2.ClH/c1-3-24(28)27-13-5-7-20(18-27)6-4-12-26-14-10-19(11-15-26)16-21-17-22(29-2)8-9-23(21)25;/h8-9,17,19-20H,3-7,10-16,18H2,1-2H3;1H. The Morgan fingerprint density at radius 2 is 1.93 bits per heavy atom. The molecule has 0 saturated carbocycles. The number of carbonyl (C=O) groups is 1. The van der Waals surface area contributed by atoms with E-state index < -0.39 is 0 Å². The van der Waals surface area contributed by atoms with Crippen LogP contribution < -0.4 is 4.74 Å². The largest absolute Gasteiger partial charge is 0.497 e. The molecule has 1 aromatic carbocycles. The maximum absolute atomic E-state index is 12.0. The zero-order valence-electron chi connectivity index (χ0n) is 18.6. The van der Waals surface area contributed by atoms with Crippen molar-refractivity contribution >= 4 is 34.2 Å². The highest BCUT2D eigenvalue weighted by atomic mass is 79.9. The smallest absolute Gasteiger partial charge is 0.222 e. The Kier molecular flexibility index (Phi) is 11.0. The van der Waals surface area contributed by atoms with Crippen molar-refractivity contribution in [3.8, 4) is 5.75 Å². The topological polar surface area (TPSA) is 32.8 Å². The van der Waals surface area contributed by atoms with E-state index >= 15 is 0 Å². The van der Waals surface area contributed by atoms with Crippen LogP contribution in [-0.2, 0) is 11.2 Å². The number of nitrogens with zero attached hydrogens (tertiary/aromatic N) is 2. The van der Waals surface area contributed by atoms with Crippen LogP contribution in [0.2, 0.25) is 0 Å². The lowest BCUT2D eigenvalue weighted by molar-refractivity contribution is -0.132. The maximum atomic E-state index is 12.0. The number of halogens is 2. The molecule has 2 fully saturated rings. The van der Waals surface area contributed by atoms with Crippen molar-refractivity contribution in [3.05, 3.63) is 28.2 Å². The molecule has 2 saturated heterocycles. The molecular formula is C24H38BrClN2O2. The minimum Gasteiger partial charge on any atom is -0.497 e. The van der Waals surface area contributed by atoms with Gasteiger partial charge in [0.05, 0.1) is 7.11 Å². The van der Waals surface area contributed by atoms with Crippen molar-refractivity contribution in [1.29, 1.82) is 0 Å². The summed E-state index contributed by atoms with van der Waals surface area (Å²) in [5.74, 6) is 2.76. The molecule has 2 aliphatic heterocycles. The van der Waals surface area contributed by atoms with Gasteiger partial charge < -0.3 is 14.5 Å². The highest BCUT2D eigenvalue weighted by Crippen LogP contribution is 2.29. The quantitative estimate of drug-likeness (QED) is 0.467. The molecule has 2 aliphatic rings. The van der Waals surface area contributed by atoms with Gasteiger partial charge >= 0.3 is 0 Å². The molecule has 0 radical (unpaired) electrons. The summed E-state index contributed by atoms with van der Waals surface area (Å²) < 4.78 is 6.58. The molecule has 0 bridgehead atoms. The van der Waals surface area contributed by atoms with Gasteiger partial charge in [0.1, 0.15) is 5.75 Å². The zero-order chi connectivity index (χ0) is 20.6. The molecule has 170 valence electrons. The molecule has 2 heterocycles. The molecule has 3 rings (SSSR count). The Labute approximate surface area is 197 Å². The van der Waals surface area contributed by atoms with Gasteiger partial charge in [-0.1, -0.05) is 22.9 Å². The number of piperidine rings is 2. The fourth-order valence-electron chi connectivity index (χ4n) is 4.91. The van der Waals surface area contributed by atoms with Gasteiger partial charge in [0.25, 0.3) is 0 Å². The van der Waals surface area contributed by atoms with E-state index in [1.807, 2.05) is 13.0 Å². The van der Waals surface area contributed by atoms with Crippen molar-refractivity contribution in [2.45, 2.75) is 58.3 Å². The van der Waals surface area contributed by atoms with Gasteiger partial charge in [-0.3, -0.25) is 4.79 Å². The van der Waals surface area contributed by atoms with Gasteiger partial charge in [-0.2, -0.15) is 0 Å². The highest BCUT2D eigenvalue weighted by Gasteiger charge is 2.24. The summed E-state index contributed by atoms with van der Waals surface area (Å²) in [5, 5.41) is 0. The molecule has 30 heavy (non-hydrogen) atoms. The molecule has 1 unspecified atom stereocenters. The second kappa shape index (κ2) is 12.9. The van der Waals surface area contributed by atoms with Gasteiger partial charge in [0, 0.05) is 24.0 Å². The maximum Gasteiger partial charge on any atom is 0.222 e. The lowest BCUT2D eigenvalue weighted by atomic mass is 9.89. The third-order valence-corrected chi connectivity index (χ3v) is 7.50. The number of amides is 1. The SMILES string of the molecule is CCC(=O)N1CCCC(CCCN2CCC(Cc3cc(OC)ccc3Br)CC2)C1.Cl. The van der Waals surface area contributed by atoms with Crippen molar-refractivity contribution in [3.63, 3.8) is 0 Å². The predicted molar refractivity (Wildman–Crippen MR) is 130 cm³/mol. The lowest BCUT2D eigenvalue weighted by Crippen LogP contribution is -2.40. The highest BCUT2D eigenvalue weighted by molar-refractivity contribution is 9.10. The number of rotatable bonds is 8. The normalized spacial score (nSPS) is 20.6. The Morgan fingerprint density at radius 1 is 1.17 bits per heavy atom. The molecule has 0 spiro atoms. The Bertz CT molecular complexity index is 665. The van der Waals surface area contributed by atoms with E-state index in [1.54, 1.807) is 7.11 Å². The van der Waals surface area contributed by atoms with E-state index in [0.717, 1.165) is 31.2 Å². The van der Waals surface area contributed by atoms with Gasteiger partial charge in [-0.25, -0.2) is 0 Å².